The molecule has 0 saturated heterocycles. The van der Waals surface area contributed by atoms with Gasteiger partial charge in [-0.25, -0.2) is 15.0 Å². The maximum Gasteiger partial charge on any atom is 0.161 e. The quantitative estimate of drug-likeness (QED) is 0.129. The van der Waals surface area contributed by atoms with Crippen LogP contribution in [-0.2, 0) is 0 Å². The standard InChI is InChI=1S/C70H48N8/c1-7-20-47(21-8-1)57-42-43-59-58-32-19-33-60-64-68(73-46-61(74-64)48-22-9-2-10-23-48)77(66(58)60)70(78-67(59)63(57)65-69(78)72-45-44-71-65)62(49-34-38-55(39-35-49)75(51-24-11-3-12-25-51)52-26-13-4-14-27-52)50-36-40-56(41-37-50)76(53-28-15-5-16-29-53)54-30-17-6-18-31-54/h1-46,62,70H. The smallest absolute Gasteiger partial charge is 0.161 e. The van der Waals surface area contributed by atoms with Gasteiger partial charge in [0.15, 0.2) is 11.3 Å². The second-order valence-electron chi connectivity index (χ2n) is 19.8. The third-order valence-electron chi connectivity index (χ3n) is 15.4. The zero-order valence-electron chi connectivity index (χ0n) is 42.3. The summed E-state index contributed by atoms with van der Waals surface area (Å²) < 4.78 is 4.96. The van der Waals surface area contributed by atoms with Crippen LogP contribution < -0.4 is 9.80 Å². The average molecular weight is 1000 g/mol. The van der Waals surface area contributed by atoms with Crippen LogP contribution in [0.3, 0.4) is 0 Å². The summed E-state index contributed by atoms with van der Waals surface area (Å²) in [6, 6.07) is 93.0. The zero-order valence-corrected chi connectivity index (χ0v) is 42.3. The molecule has 78 heavy (non-hydrogen) atoms. The van der Waals surface area contributed by atoms with Crippen LogP contribution in [0.2, 0.25) is 0 Å². The molecule has 1 atom stereocenters. The van der Waals surface area contributed by atoms with Crippen molar-refractivity contribution in [2.45, 2.75) is 12.1 Å². The van der Waals surface area contributed by atoms with Crippen molar-refractivity contribution in [1.29, 1.82) is 0 Å². The van der Waals surface area contributed by atoms with Crippen molar-refractivity contribution < 1.29 is 0 Å². The zero-order chi connectivity index (χ0) is 51.5. The van der Waals surface area contributed by atoms with E-state index in [2.05, 4.69) is 274 Å². The van der Waals surface area contributed by atoms with Crippen molar-refractivity contribution in [3.05, 3.63) is 291 Å². The summed E-state index contributed by atoms with van der Waals surface area (Å²) in [5.74, 6) is -0.341. The first-order chi connectivity index (χ1) is 38.7. The van der Waals surface area contributed by atoms with Gasteiger partial charge in [0.2, 0.25) is 0 Å². The van der Waals surface area contributed by atoms with Crippen molar-refractivity contribution in [3.8, 4) is 33.5 Å². The third-order valence-corrected chi connectivity index (χ3v) is 15.4. The number of rotatable bonds is 11. The lowest BCUT2D eigenvalue weighted by Gasteiger charge is -2.33. The van der Waals surface area contributed by atoms with Gasteiger partial charge in [-0.05, 0) is 95.1 Å². The second kappa shape index (κ2) is 18.7. The maximum atomic E-state index is 5.54. The molecule has 0 fully saturated rings. The summed E-state index contributed by atoms with van der Waals surface area (Å²) in [4.78, 5) is 26.3. The van der Waals surface area contributed by atoms with E-state index in [9.17, 15) is 0 Å². The highest BCUT2D eigenvalue weighted by Crippen LogP contribution is 2.53. The van der Waals surface area contributed by atoms with Crippen LogP contribution in [-0.4, -0.2) is 29.1 Å². The van der Waals surface area contributed by atoms with Crippen molar-refractivity contribution in [2.24, 2.45) is 0 Å². The van der Waals surface area contributed by atoms with Gasteiger partial charge < -0.3 is 18.9 Å². The molecule has 8 nitrogen and oxygen atoms in total. The minimum atomic E-state index is -0.498. The molecule has 0 bridgehead atoms. The molecular weight excluding hydrogens is 953 g/mol. The van der Waals surface area contributed by atoms with Gasteiger partial charge in [0.05, 0.1) is 22.9 Å². The molecule has 4 aromatic heterocycles. The fourth-order valence-electron chi connectivity index (χ4n) is 12.1. The number of aromatic nitrogens is 6. The van der Waals surface area contributed by atoms with Gasteiger partial charge in [-0.2, -0.15) is 0 Å². The Hall–Kier alpha value is -10.4. The normalized spacial score (nSPS) is 12.9. The number of anilines is 6. The van der Waals surface area contributed by atoms with Gasteiger partial charge in [0.1, 0.15) is 17.2 Å². The van der Waals surface area contributed by atoms with Crippen molar-refractivity contribution in [3.63, 3.8) is 0 Å². The second-order valence-corrected chi connectivity index (χ2v) is 19.8. The Kier molecular flexibility index (Phi) is 10.8. The van der Waals surface area contributed by atoms with E-state index in [1.54, 1.807) is 0 Å². The Morgan fingerprint density at radius 3 is 1.32 bits per heavy atom. The lowest BCUT2D eigenvalue weighted by atomic mass is 9.87. The van der Waals surface area contributed by atoms with Crippen LogP contribution in [0.5, 0.6) is 0 Å². The number of hydrogen-bond acceptors (Lipinski definition) is 6. The van der Waals surface area contributed by atoms with E-state index in [4.69, 9.17) is 19.9 Å². The highest BCUT2D eigenvalue weighted by molar-refractivity contribution is 6.20. The first kappa shape index (κ1) is 45.0. The van der Waals surface area contributed by atoms with Crippen LogP contribution in [0.15, 0.2) is 279 Å². The molecule has 1 unspecified atom stereocenters. The predicted octanol–water partition coefficient (Wildman–Crippen LogP) is 17.6. The van der Waals surface area contributed by atoms with Gasteiger partial charge in [0, 0.05) is 79.9 Å². The van der Waals surface area contributed by atoms with E-state index in [1.165, 1.54) is 0 Å². The van der Waals surface area contributed by atoms with Gasteiger partial charge in [-0.15, -0.1) is 0 Å². The number of benzene rings is 10. The molecule has 8 heteroatoms. The summed E-state index contributed by atoms with van der Waals surface area (Å²) in [5, 5.41) is 2.09. The van der Waals surface area contributed by atoms with E-state index in [0.717, 1.165) is 123 Å². The average Bonchev–Trinajstić information content (AvgIpc) is 4.18. The summed E-state index contributed by atoms with van der Waals surface area (Å²) >= 11 is 0. The summed E-state index contributed by atoms with van der Waals surface area (Å²) in [5.41, 5.74) is 20.2. The fourth-order valence-corrected chi connectivity index (χ4v) is 12.1. The molecule has 5 heterocycles. The van der Waals surface area contributed by atoms with Crippen LogP contribution in [0.4, 0.5) is 34.1 Å². The highest BCUT2D eigenvalue weighted by atomic mass is 15.3. The molecule has 0 N–H and O–H groups in total. The number of fused-ring (bicyclic) bond motifs is 7. The number of nitrogens with zero attached hydrogens (tertiary/aromatic N) is 8. The topological polar surface area (TPSA) is 67.9 Å². The Labute approximate surface area is 451 Å². The lowest BCUT2D eigenvalue weighted by Crippen LogP contribution is -2.26. The molecular formula is C70H48N8. The summed E-state index contributed by atoms with van der Waals surface area (Å²) in [6.07, 6.45) is 5.10. The van der Waals surface area contributed by atoms with Crippen molar-refractivity contribution >= 4 is 78.3 Å². The van der Waals surface area contributed by atoms with Gasteiger partial charge in [0.25, 0.3) is 0 Å². The Morgan fingerprint density at radius 1 is 0.346 bits per heavy atom. The largest absolute Gasteiger partial charge is 0.311 e. The van der Waals surface area contributed by atoms with Crippen LogP contribution in [0, 0.1) is 0 Å². The van der Waals surface area contributed by atoms with E-state index < -0.39 is 6.17 Å². The predicted molar refractivity (Wildman–Crippen MR) is 318 cm³/mol. The first-order valence-electron chi connectivity index (χ1n) is 26.4. The van der Waals surface area contributed by atoms with E-state index in [1.807, 2.05) is 24.7 Å². The monoisotopic (exact) mass is 1000 g/mol. The summed E-state index contributed by atoms with van der Waals surface area (Å²) in [7, 11) is 0. The molecule has 0 amide bonds. The number of hydrogen-bond donors (Lipinski definition) is 0. The summed E-state index contributed by atoms with van der Waals surface area (Å²) in [6.45, 7) is 0. The Bertz CT molecular complexity index is 4270. The molecule has 0 spiro atoms. The van der Waals surface area contributed by atoms with Crippen LogP contribution in [0.1, 0.15) is 23.2 Å². The van der Waals surface area contributed by atoms with E-state index >= 15 is 0 Å². The Balaban J connectivity index is 1.04. The minimum Gasteiger partial charge on any atom is -0.311 e. The highest BCUT2D eigenvalue weighted by Gasteiger charge is 2.39. The molecule has 0 saturated carbocycles. The molecule has 368 valence electrons. The van der Waals surface area contributed by atoms with E-state index in [-0.39, 0.29) is 5.92 Å². The minimum absolute atomic E-state index is 0.341. The van der Waals surface area contributed by atoms with Crippen LogP contribution in [0.25, 0.3) is 77.6 Å². The first-order valence-corrected chi connectivity index (χ1v) is 26.4. The van der Waals surface area contributed by atoms with Crippen molar-refractivity contribution in [1.82, 2.24) is 29.1 Å². The SMILES string of the molecule is c1ccc(-c2cnc3c(n2)c2cccc4c2n3C(C(c2ccc(N(c3ccccc3)c3ccccc3)cc2)c2ccc(N(c3ccccc3)c3ccccc3)cc2)n2c3nccnc3c3c(-c5ccccc5)ccc-4c32)cc1. The maximum absolute atomic E-state index is 5.54. The van der Waals surface area contributed by atoms with Crippen LogP contribution >= 0.6 is 0 Å². The molecule has 10 aromatic carbocycles. The molecule has 14 aromatic rings. The molecule has 1 aliphatic heterocycles. The third kappa shape index (κ3) is 7.37. The van der Waals surface area contributed by atoms with Crippen molar-refractivity contribution in [2.75, 3.05) is 9.80 Å². The lowest BCUT2D eigenvalue weighted by molar-refractivity contribution is 0.425. The van der Waals surface area contributed by atoms with Gasteiger partial charge in [-0.1, -0.05) is 188 Å². The number of para-hydroxylation sites is 5. The molecule has 15 rings (SSSR count). The molecule has 0 radical (unpaired) electrons. The molecule has 0 aliphatic carbocycles. The molecule has 1 aliphatic rings. The van der Waals surface area contributed by atoms with Gasteiger partial charge in [-0.3, -0.25) is 4.98 Å². The fraction of sp³-hybridized carbons (Fsp3) is 0.0286. The van der Waals surface area contributed by atoms with E-state index in [0.29, 0.717) is 0 Å². The Morgan fingerprint density at radius 2 is 0.782 bits per heavy atom. The van der Waals surface area contributed by atoms with Gasteiger partial charge >= 0.3 is 0 Å².